The van der Waals surface area contributed by atoms with Crippen LogP contribution in [-0.2, 0) is 13.1 Å². The van der Waals surface area contributed by atoms with Crippen molar-refractivity contribution in [3.8, 4) is 11.5 Å². The van der Waals surface area contributed by atoms with Crippen LogP contribution in [-0.4, -0.2) is 16.9 Å². The van der Waals surface area contributed by atoms with Crippen LogP contribution in [0.15, 0.2) is 82.0 Å². The van der Waals surface area contributed by atoms with Crippen LogP contribution in [0.1, 0.15) is 11.1 Å². The van der Waals surface area contributed by atoms with Crippen molar-refractivity contribution in [1.29, 1.82) is 0 Å². The molecule has 30 heavy (non-hydrogen) atoms. The fourth-order valence-corrected chi connectivity index (χ4v) is 4.04. The minimum atomic E-state index is -0.563. The van der Waals surface area contributed by atoms with Crippen LogP contribution in [0.4, 0.5) is 11.4 Å². The standard InChI is InChI=1S/C24H20N2O4/c27-21-11-10-18-17(12-22(28)30-24(18)23(21)29)14-26-15-25(13-16-6-2-1-3-7-16)19-8-4-5-9-20(19)26/h1-12,27,29H,13-15H2. The average molecular weight is 400 g/mol. The Hall–Kier alpha value is -3.93. The van der Waals surface area contributed by atoms with Gasteiger partial charge in [-0.25, -0.2) is 4.79 Å². The molecule has 0 unspecified atom stereocenters. The van der Waals surface area contributed by atoms with Crippen molar-refractivity contribution in [3.05, 3.63) is 94.3 Å². The van der Waals surface area contributed by atoms with E-state index in [0.717, 1.165) is 23.5 Å². The molecule has 6 heteroatoms. The maximum Gasteiger partial charge on any atom is 0.336 e. The molecule has 0 amide bonds. The highest BCUT2D eigenvalue weighted by Crippen LogP contribution is 2.39. The topological polar surface area (TPSA) is 77.2 Å². The van der Waals surface area contributed by atoms with Crippen molar-refractivity contribution < 1.29 is 14.6 Å². The molecule has 0 radical (unpaired) electrons. The number of aromatic hydroxyl groups is 2. The average Bonchev–Trinajstić information content (AvgIpc) is 3.09. The lowest BCUT2D eigenvalue weighted by molar-refractivity contribution is 0.397. The first-order chi connectivity index (χ1) is 14.6. The monoisotopic (exact) mass is 400 g/mol. The van der Waals surface area contributed by atoms with Gasteiger partial charge in [0.2, 0.25) is 5.75 Å². The third kappa shape index (κ3) is 3.12. The van der Waals surface area contributed by atoms with Gasteiger partial charge in [0, 0.05) is 24.5 Å². The molecule has 0 fully saturated rings. The van der Waals surface area contributed by atoms with Crippen molar-refractivity contribution in [1.82, 2.24) is 0 Å². The Morgan fingerprint density at radius 3 is 2.23 bits per heavy atom. The Bertz CT molecular complexity index is 1280. The summed E-state index contributed by atoms with van der Waals surface area (Å²) in [4.78, 5) is 16.6. The van der Waals surface area contributed by atoms with Crippen molar-refractivity contribution in [2.45, 2.75) is 13.1 Å². The normalized spacial score (nSPS) is 13.1. The number of phenols is 2. The highest BCUT2D eigenvalue weighted by atomic mass is 16.4. The maximum absolute atomic E-state index is 12.1. The predicted molar refractivity (Wildman–Crippen MR) is 116 cm³/mol. The summed E-state index contributed by atoms with van der Waals surface area (Å²) in [5.41, 5.74) is 3.61. The minimum absolute atomic E-state index is 0.00567. The highest BCUT2D eigenvalue weighted by Gasteiger charge is 2.26. The van der Waals surface area contributed by atoms with Crippen LogP contribution >= 0.6 is 0 Å². The number of rotatable bonds is 4. The predicted octanol–water partition coefficient (Wildman–Crippen LogP) is 4.19. The first kappa shape index (κ1) is 18.1. The fourth-order valence-electron chi connectivity index (χ4n) is 4.04. The second kappa shape index (κ2) is 7.15. The summed E-state index contributed by atoms with van der Waals surface area (Å²) >= 11 is 0. The Morgan fingerprint density at radius 2 is 1.50 bits per heavy atom. The molecule has 0 spiro atoms. The molecule has 0 saturated heterocycles. The lowest BCUT2D eigenvalue weighted by Gasteiger charge is -2.22. The van der Waals surface area contributed by atoms with E-state index in [0.29, 0.717) is 18.6 Å². The Labute approximate surface area is 172 Å². The van der Waals surface area contributed by atoms with E-state index in [9.17, 15) is 15.0 Å². The van der Waals surface area contributed by atoms with Gasteiger partial charge in [-0.2, -0.15) is 0 Å². The van der Waals surface area contributed by atoms with Crippen LogP contribution in [0.3, 0.4) is 0 Å². The minimum Gasteiger partial charge on any atom is -0.504 e. The first-order valence-electron chi connectivity index (χ1n) is 9.70. The van der Waals surface area contributed by atoms with Gasteiger partial charge in [-0.1, -0.05) is 42.5 Å². The molecule has 150 valence electrons. The van der Waals surface area contributed by atoms with E-state index in [1.54, 1.807) is 6.07 Å². The van der Waals surface area contributed by atoms with Crippen molar-refractivity contribution in [3.63, 3.8) is 0 Å². The van der Waals surface area contributed by atoms with Crippen molar-refractivity contribution in [2.75, 3.05) is 16.5 Å². The zero-order valence-electron chi connectivity index (χ0n) is 16.2. The summed E-state index contributed by atoms with van der Waals surface area (Å²) in [5.74, 6) is -0.734. The SMILES string of the molecule is O=c1cc(CN2CN(Cc3ccccc3)c3ccccc32)c2ccc(O)c(O)c2o1. The molecular weight excluding hydrogens is 380 g/mol. The van der Waals surface area contributed by atoms with E-state index in [1.165, 1.54) is 17.7 Å². The Balaban J connectivity index is 1.51. The van der Waals surface area contributed by atoms with Gasteiger partial charge in [-0.15, -0.1) is 0 Å². The summed E-state index contributed by atoms with van der Waals surface area (Å²) in [6.07, 6.45) is 0. The molecule has 2 N–H and O–H groups in total. The zero-order chi connectivity index (χ0) is 20.7. The summed E-state index contributed by atoms with van der Waals surface area (Å²) in [6, 6.07) is 23.0. The second-order valence-corrected chi connectivity index (χ2v) is 7.41. The third-order valence-corrected chi connectivity index (χ3v) is 5.43. The van der Waals surface area contributed by atoms with Gasteiger partial charge in [0.15, 0.2) is 11.3 Å². The summed E-state index contributed by atoms with van der Waals surface area (Å²) in [7, 11) is 0. The molecule has 2 heterocycles. The van der Waals surface area contributed by atoms with E-state index in [4.69, 9.17) is 4.42 Å². The van der Waals surface area contributed by atoms with E-state index >= 15 is 0 Å². The highest BCUT2D eigenvalue weighted by molar-refractivity contribution is 5.88. The van der Waals surface area contributed by atoms with Crippen molar-refractivity contribution >= 4 is 22.3 Å². The number of para-hydroxylation sites is 2. The lowest BCUT2D eigenvalue weighted by Crippen LogP contribution is -2.30. The molecule has 1 aromatic heterocycles. The number of anilines is 2. The van der Waals surface area contributed by atoms with Gasteiger partial charge in [0.25, 0.3) is 0 Å². The van der Waals surface area contributed by atoms with Gasteiger partial charge in [0.05, 0.1) is 18.0 Å². The molecule has 0 saturated carbocycles. The van der Waals surface area contributed by atoms with Crippen LogP contribution in [0.2, 0.25) is 0 Å². The second-order valence-electron chi connectivity index (χ2n) is 7.41. The summed E-state index contributed by atoms with van der Waals surface area (Å²) in [5, 5.41) is 20.5. The van der Waals surface area contributed by atoms with E-state index in [1.807, 2.05) is 30.3 Å². The molecular formula is C24H20N2O4. The molecule has 0 aliphatic carbocycles. The molecule has 4 aromatic rings. The van der Waals surface area contributed by atoms with Crippen LogP contribution in [0.25, 0.3) is 11.0 Å². The summed E-state index contributed by atoms with van der Waals surface area (Å²) < 4.78 is 5.15. The van der Waals surface area contributed by atoms with Crippen LogP contribution in [0.5, 0.6) is 11.5 Å². The van der Waals surface area contributed by atoms with Gasteiger partial charge < -0.3 is 24.4 Å². The van der Waals surface area contributed by atoms with E-state index < -0.39 is 11.4 Å². The van der Waals surface area contributed by atoms with E-state index in [2.05, 4.69) is 34.1 Å². The zero-order valence-corrected chi connectivity index (χ0v) is 16.2. The number of phenolic OH excluding ortho intramolecular Hbond substituents is 2. The molecule has 6 nitrogen and oxygen atoms in total. The molecule has 5 rings (SSSR count). The quantitative estimate of drug-likeness (QED) is 0.395. The molecule has 1 aliphatic rings. The molecule has 3 aromatic carbocycles. The van der Waals surface area contributed by atoms with Crippen LogP contribution in [0, 0.1) is 0 Å². The van der Waals surface area contributed by atoms with Gasteiger partial charge >= 0.3 is 5.63 Å². The summed E-state index contributed by atoms with van der Waals surface area (Å²) in [6.45, 7) is 1.91. The smallest absolute Gasteiger partial charge is 0.336 e. The lowest BCUT2D eigenvalue weighted by atomic mass is 10.1. The number of hydrogen-bond acceptors (Lipinski definition) is 6. The third-order valence-electron chi connectivity index (χ3n) is 5.43. The largest absolute Gasteiger partial charge is 0.504 e. The molecule has 1 aliphatic heterocycles. The van der Waals surface area contributed by atoms with Gasteiger partial charge in [-0.3, -0.25) is 0 Å². The number of nitrogens with zero attached hydrogens (tertiary/aromatic N) is 2. The van der Waals surface area contributed by atoms with Crippen molar-refractivity contribution in [2.24, 2.45) is 0 Å². The number of fused-ring (bicyclic) bond motifs is 2. The molecule has 0 bridgehead atoms. The Kier molecular flexibility index (Phi) is 4.32. The van der Waals surface area contributed by atoms with Crippen LogP contribution < -0.4 is 15.4 Å². The molecule has 0 atom stereocenters. The first-order valence-corrected chi connectivity index (χ1v) is 9.70. The fraction of sp³-hybridized carbons (Fsp3) is 0.125. The Morgan fingerprint density at radius 1 is 0.833 bits per heavy atom. The number of benzene rings is 3. The number of hydrogen-bond donors (Lipinski definition) is 2. The van der Waals surface area contributed by atoms with E-state index in [-0.39, 0.29) is 11.3 Å². The van der Waals surface area contributed by atoms with Gasteiger partial charge in [-0.05, 0) is 35.4 Å². The maximum atomic E-state index is 12.1. The van der Waals surface area contributed by atoms with Gasteiger partial charge in [0.1, 0.15) is 0 Å².